The summed E-state index contributed by atoms with van der Waals surface area (Å²) in [4.78, 5) is 95.1. The SMILES string of the molecule is CC.CC.CC.CC.CC.CCN(CC)C(=O)c1ccccc1-c1cc(C)c(C)c(C)n1.CCN(CC)C(=O)c1ccccc1-c1cc(C)c(C)c(C)n1.CCN(CC)C(=O)c1ccccc1B(C)C.Cc1cc(C)c(C)c(C)n1.Cc1cc(C)c(C)c(C)n1.Cc1nc2c(c(C)c1C)C(=O)c1ccccc1-2.Cc1nc2c(c(C)c1C)C(=O)c1ccccc1-2. The molecular weight excluding hydrogens is 1530 g/mol. The molecule has 0 bridgehead atoms. The lowest BCUT2D eigenvalue weighted by Gasteiger charge is -2.21. The predicted octanol–water partition coefficient (Wildman–Crippen LogP) is 26.6. The highest BCUT2D eigenvalue weighted by Crippen LogP contribution is 2.40. The summed E-state index contributed by atoms with van der Waals surface area (Å²) in [6.45, 7) is 82.1. The summed E-state index contributed by atoms with van der Waals surface area (Å²) < 4.78 is 0. The highest BCUT2D eigenvalue weighted by atomic mass is 16.2. The number of amides is 3. The fourth-order valence-corrected chi connectivity index (χ4v) is 14.1. The molecule has 14 nitrogen and oxygen atoms in total. The quantitative estimate of drug-likeness (QED) is 0.107. The first-order valence-electron chi connectivity index (χ1n) is 45.2. The van der Waals surface area contributed by atoms with Crippen molar-refractivity contribution in [2.24, 2.45) is 0 Å². The Morgan fingerprint density at radius 3 is 0.782 bits per heavy atom. The normalized spacial score (nSPS) is 10.3. The lowest BCUT2D eigenvalue weighted by Crippen LogP contribution is -2.37. The van der Waals surface area contributed by atoms with Crippen molar-refractivity contribution >= 4 is 41.5 Å². The van der Waals surface area contributed by atoms with Gasteiger partial charge in [-0.2, -0.15) is 0 Å². The average Bonchev–Trinajstić information content (AvgIpc) is 1.60. The van der Waals surface area contributed by atoms with Gasteiger partial charge < -0.3 is 14.7 Å². The molecule has 2 aliphatic rings. The van der Waals surface area contributed by atoms with Crippen LogP contribution in [0.4, 0.5) is 0 Å². The smallest absolute Gasteiger partial charge is 0.254 e. The molecule has 3 amide bonds. The molecule has 11 aromatic rings. The minimum Gasteiger partial charge on any atom is -0.339 e. The number of aromatic nitrogens is 6. The summed E-state index contributed by atoms with van der Waals surface area (Å²) in [5.41, 5.74) is 36.8. The third-order valence-electron chi connectivity index (χ3n) is 22.5. The van der Waals surface area contributed by atoms with Crippen molar-refractivity contribution in [2.75, 3.05) is 39.3 Å². The summed E-state index contributed by atoms with van der Waals surface area (Å²) in [5, 5.41) is 0. The zero-order chi connectivity index (χ0) is 94.4. The molecule has 0 spiro atoms. The van der Waals surface area contributed by atoms with Crippen molar-refractivity contribution in [1.82, 2.24) is 44.6 Å². The number of rotatable bonds is 12. The second kappa shape index (κ2) is 53.8. The second-order valence-electron chi connectivity index (χ2n) is 30.0. The third kappa shape index (κ3) is 27.7. The van der Waals surface area contributed by atoms with E-state index in [-0.39, 0.29) is 29.3 Å². The number of benzene rings is 5. The van der Waals surface area contributed by atoms with Crippen LogP contribution in [0.2, 0.25) is 13.6 Å². The van der Waals surface area contributed by atoms with Crippen LogP contribution in [0.3, 0.4) is 0 Å². The molecule has 2 aliphatic carbocycles. The zero-order valence-electron chi connectivity index (χ0n) is 83.2. The van der Waals surface area contributed by atoms with E-state index in [1.165, 1.54) is 44.5 Å². The third-order valence-corrected chi connectivity index (χ3v) is 22.5. The fraction of sp³-hybridized carbons (Fsp3) is 0.404. The number of pyridine rings is 6. The van der Waals surface area contributed by atoms with Crippen molar-refractivity contribution in [3.8, 4) is 45.0 Å². The van der Waals surface area contributed by atoms with E-state index in [1.54, 1.807) is 0 Å². The van der Waals surface area contributed by atoms with Gasteiger partial charge in [0.05, 0.1) is 33.9 Å². The van der Waals surface area contributed by atoms with Crippen LogP contribution in [0.15, 0.2) is 146 Å². The molecule has 664 valence electrons. The van der Waals surface area contributed by atoms with Crippen LogP contribution in [0.5, 0.6) is 0 Å². The lowest BCUT2D eigenvalue weighted by molar-refractivity contribution is 0.0765. The molecule has 0 N–H and O–H groups in total. The van der Waals surface area contributed by atoms with E-state index in [4.69, 9.17) is 0 Å². The van der Waals surface area contributed by atoms with Crippen LogP contribution < -0.4 is 5.46 Å². The Labute approximate surface area is 749 Å². The Hall–Kier alpha value is -11.2. The number of carbonyl (C=O) groups excluding carboxylic acids is 5. The van der Waals surface area contributed by atoms with E-state index < -0.39 is 0 Å². The molecule has 0 atom stereocenters. The van der Waals surface area contributed by atoms with Gasteiger partial charge in [0.2, 0.25) is 0 Å². The van der Waals surface area contributed by atoms with Crippen LogP contribution in [0, 0.1) is 138 Å². The Bertz CT molecular complexity index is 4970. The van der Waals surface area contributed by atoms with Crippen LogP contribution in [-0.2, 0) is 0 Å². The maximum absolute atomic E-state index is 12.7. The number of hydrogen-bond acceptors (Lipinski definition) is 11. The van der Waals surface area contributed by atoms with Gasteiger partial charge in [0.15, 0.2) is 18.3 Å². The Morgan fingerprint density at radius 2 is 0.508 bits per heavy atom. The van der Waals surface area contributed by atoms with Gasteiger partial charge in [-0.25, -0.2) is 0 Å². The molecular formula is C109H150BN9O5. The number of carbonyl (C=O) groups is 5. The minimum atomic E-state index is 0.0679. The van der Waals surface area contributed by atoms with Gasteiger partial charge in [0, 0.05) is 135 Å². The molecule has 0 unspecified atom stereocenters. The van der Waals surface area contributed by atoms with Gasteiger partial charge in [-0.05, 0) is 283 Å². The van der Waals surface area contributed by atoms with Gasteiger partial charge >= 0.3 is 0 Å². The number of fused-ring (bicyclic) bond motifs is 6. The zero-order valence-corrected chi connectivity index (χ0v) is 83.2. The van der Waals surface area contributed by atoms with E-state index in [0.29, 0.717) is 32.9 Å². The van der Waals surface area contributed by atoms with Crippen molar-refractivity contribution < 1.29 is 24.0 Å². The first-order chi connectivity index (χ1) is 59.0. The summed E-state index contributed by atoms with van der Waals surface area (Å²) in [6.07, 6.45) is 0. The van der Waals surface area contributed by atoms with Crippen molar-refractivity contribution in [1.29, 1.82) is 0 Å². The molecule has 124 heavy (non-hydrogen) atoms. The van der Waals surface area contributed by atoms with Crippen molar-refractivity contribution in [3.63, 3.8) is 0 Å². The van der Waals surface area contributed by atoms with E-state index in [1.807, 2.05) is 316 Å². The monoisotopic (exact) mass is 1680 g/mol. The largest absolute Gasteiger partial charge is 0.339 e. The second-order valence-corrected chi connectivity index (χ2v) is 30.0. The van der Waals surface area contributed by atoms with Crippen LogP contribution >= 0.6 is 0 Å². The average molecular weight is 1680 g/mol. The predicted molar refractivity (Wildman–Crippen MR) is 531 cm³/mol. The van der Waals surface area contributed by atoms with E-state index in [9.17, 15) is 24.0 Å². The summed E-state index contributed by atoms with van der Waals surface area (Å²) >= 11 is 0. The Morgan fingerprint density at radius 1 is 0.274 bits per heavy atom. The minimum absolute atomic E-state index is 0.0679. The molecule has 13 rings (SSSR count). The Kier molecular flexibility index (Phi) is 47.2. The van der Waals surface area contributed by atoms with E-state index >= 15 is 0 Å². The van der Waals surface area contributed by atoms with Gasteiger partial charge in [0.1, 0.15) is 0 Å². The molecule has 0 saturated carbocycles. The van der Waals surface area contributed by atoms with Crippen molar-refractivity contribution in [2.45, 2.75) is 263 Å². The standard InChI is InChI=1S/2C19H24N2O.2C15H13NO.C13H20BNO.2C9H13N.5C2H6/c2*1-6-21(7-2)19(22)17-11-9-8-10-16(17)18-12-13(3)14(4)15(5)20-18;2*1-8-9(2)13-14(16-10(8)3)11-6-4-5-7-12(11)15(13)17;1-5-15(6-2)13(16)11-9-7-8-10-12(11)14(3)4;2*1-6-5-7(2)10-9(4)8(6)3;5*1-2/h2*8-12H,6-7H2,1-5H3;2*4-7H,1-3H3;7-10H,5-6H2,1-4H3;2*5H,1-4H3;5*1-2H3. The number of nitrogens with zero attached hydrogens (tertiary/aromatic N) is 9. The van der Waals surface area contributed by atoms with E-state index in [2.05, 4.69) is 137 Å². The number of hydrogen-bond donors (Lipinski definition) is 0. The molecule has 6 heterocycles. The number of ketones is 2. The molecule has 0 fully saturated rings. The van der Waals surface area contributed by atoms with Gasteiger partial charge in [-0.3, -0.25) is 53.9 Å². The molecule has 0 radical (unpaired) electrons. The summed E-state index contributed by atoms with van der Waals surface area (Å²) in [6, 6.07) is 47.1. The highest BCUT2D eigenvalue weighted by Gasteiger charge is 2.32. The molecule has 0 aliphatic heterocycles. The van der Waals surface area contributed by atoms with Crippen LogP contribution in [0.1, 0.15) is 286 Å². The summed E-state index contributed by atoms with van der Waals surface area (Å²) in [7, 11) is 0. The maximum Gasteiger partial charge on any atom is 0.254 e. The van der Waals surface area contributed by atoms with Gasteiger partial charge in [0.25, 0.3) is 17.7 Å². The summed E-state index contributed by atoms with van der Waals surface area (Å²) in [5.74, 6) is 0.512. The first kappa shape index (κ1) is 109. The molecule has 0 saturated heterocycles. The topological polar surface area (TPSA) is 172 Å². The maximum atomic E-state index is 12.7. The molecule has 6 aromatic heterocycles. The van der Waals surface area contributed by atoms with Crippen LogP contribution in [-0.4, -0.2) is 120 Å². The van der Waals surface area contributed by atoms with E-state index in [0.717, 1.165) is 170 Å². The van der Waals surface area contributed by atoms with Crippen LogP contribution in [0.25, 0.3) is 45.0 Å². The molecule has 15 heteroatoms. The molecule has 5 aromatic carbocycles. The first-order valence-corrected chi connectivity index (χ1v) is 45.2. The Balaban J connectivity index is 0.000000488. The fourth-order valence-electron chi connectivity index (χ4n) is 14.1. The van der Waals surface area contributed by atoms with Gasteiger partial charge in [-0.1, -0.05) is 198 Å². The van der Waals surface area contributed by atoms with Crippen molar-refractivity contribution in [3.05, 3.63) is 297 Å². The van der Waals surface area contributed by atoms with Gasteiger partial charge in [-0.15, -0.1) is 0 Å². The highest BCUT2D eigenvalue weighted by molar-refractivity contribution is 6.72. The number of aryl methyl sites for hydroxylation is 12. The lowest BCUT2D eigenvalue weighted by atomic mass is 9.48.